The number of anilines is 1. The highest BCUT2D eigenvalue weighted by Gasteiger charge is 2.35. The molecule has 0 saturated carbocycles. The van der Waals surface area contributed by atoms with Crippen LogP contribution in [-0.2, 0) is 27.7 Å². The number of hydrogen-bond acceptors (Lipinski definition) is 3. The topological polar surface area (TPSA) is 57.7 Å². The minimum Gasteiger partial charge on any atom is -0.308 e. The van der Waals surface area contributed by atoms with Crippen LogP contribution < -0.4 is 4.90 Å². The first kappa shape index (κ1) is 24.2. The van der Waals surface area contributed by atoms with Crippen molar-refractivity contribution in [1.82, 2.24) is 4.31 Å². The van der Waals surface area contributed by atoms with Crippen LogP contribution in [0.5, 0.6) is 0 Å². The first-order valence-corrected chi connectivity index (χ1v) is 13.1. The summed E-state index contributed by atoms with van der Waals surface area (Å²) in [4.78, 5) is 15.6. The van der Waals surface area contributed by atoms with Gasteiger partial charge >= 0.3 is 0 Å². The van der Waals surface area contributed by atoms with E-state index in [9.17, 15) is 13.2 Å². The van der Waals surface area contributed by atoms with Crippen molar-refractivity contribution < 1.29 is 13.2 Å². The zero-order chi connectivity index (χ0) is 24.5. The Labute approximate surface area is 203 Å². The van der Waals surface area contributed by atoms with Crippen molar-refractivity contribution in [1.29, 1.82) is 0 Å². The van der Waals surface area contributed by atoms with Crippen LogP contribution in [0.2, 0.25) is 0 Å². The fourth-order valence-corrected chi connectivity index (χ4v) is 6.86. The second kappa shape index (κ2) is 9.72. The standard InChI is InChI=1S/C28H32N2O3S/c1-20-16-21(2)28(22(3)17-20)34(32,33)29(15-14-24-10-6-5-7-11-24)19-27(31)30-23(4)18-25-12-8-9-13-26(25)30/h5-13,16-17,23H,14-15,18-19H2,1-4H3/t23-/m0/s1. The summed E-state index contributed by atoms with van der Waals surface area (Å²) >= 11 is 0. The molecule has 0 fully saturated rings. The average molecular weight is 477 g/mol. The fraction of sp³-hybridized carbons (Fsp3) is 0.321. The molecule has 1 amide bonds. The van der Waals surface area contributed by atoms with E-state index in [-0.39, 0.29) is 25.0 Å². The van der Waals surface area contributed by atoms with Gasteiger partial charge in [0.15, 0.2) is 0 Å². The molecule has 0 aliphatic carbocycles. The summed E-state index contributed by atoms with van der Waals surface area (Å²) in [7, 11) is -3.88. The van der Waals surface area contributed by atoms with E-state index in [0.29, 0.717) is 22.4 Å². The highest BCUT2D eigenvalue weighted by molar-refractivity contribution is 7.89. The van der Waals surface area contributed by atoms with E-state index in [1.165, 1.54) is 4.31 Å². The van der Waals surface area contributed by atoms with E-state index in [1.54, 1.807) is 4.90 Å². The Kier molecular flexibility index (Phi) is 6.91. The molecule has 1 heterocycles. The maximum Gasteiger partial charge on any atom is 0.244 e. The molecule has 3 aromatic rings. The van der Waals surface area contributed by atoms with Crippen LogP contribution in [0.25, 0.3) is 0 Å². The van der Waals surface area contributed by atoms with Gasteiger partial charge < -0.3 is 4.90 Å². The largest absolute Gasteiger partial charge is 0.308 e. The van der Waals surface area contributed by atoms with E-state index in [4.69, 9.17) is 0 Å². The van der Waals surface area contributed by atoms with Crippen molar-refractivity contribution in [2.75, 3.05) is 18.0 Å². The van der Waals surface area contributed by atoms with Crippen molar-refractivity contribution in [3.05, 3.63) is 94.5 Å². The van der Waals surface area contributed by atoms with Gasteiger partial charge in [0.1, 0.15) is 0 Å². The number of nitrogens with zero attached hydrogens (tertiary/aromatic N) is 2. The number of carbonyl (C=O) groups excluding carboxylic acids is 1. The third-order valence-electron chi connectivity index (χ3n) is 6.48. The molecule has 0 aromatic heterocycles. The molecule has 6 heteroatoms. The van der Waals surface area contributed by atoms with E-state index in [0.717, 1.165) is 28.8 Å². The Morgan fingerprint density at radius 2 is 1.59 bits per heavy atom. The zero-order valence-electron chi connectivity index (χ0n) is 20.3. The smallest absolute Gasteiger partial charge is 0.244 e. The van der Waals surface area contributed by atoms with Gasteiger partial charge in [0.2, 0.25) is 15.9 Å². The number of carbonyl (C=O) groups is 1. The van der Waals surface area contributed by atoms with E-state index >= 15 is 0 Å². The molecular weight excluding hydrogens is 444 g/mol. The lowest BCUT2D eigenvalue weighted by Gasteiger charge is -2.28. The van der Waals surface area contributed by atoms with E-state index in [2.05, 4.69) is 0 Å². The van der Waals surface area contributed by atoms with Crippen LogP contribution >= 0.6 is 0 Å². The number of para-hydroxylation sites is 1. The number of benzene rings is 3. The minimum absolute atomic E-state index is 0.00794. The molecule has 5 nitrogen and oxygen atoms in total. The lowest BCUT2D eigenvalue weighted by Crippen LogP contribution is -2.46. The SMILES string of the molecule is Cc1cc(C)c(S(=O)(=O)N(CCc2ccccc2)CC(=O)N2c3ccccc3C[C@@H]2C)c(C)c1. The predicted octanol–water partition coefficient (Wildman–Crippen LogP) is 4.82. The number of hydrogen-bond donors (Lipinski definition) is 0. The summed E-state index contributed by atoms with van der Waals surface area (Å²) in [6, 6.07) is 21.4. The van der Waals surface area contributed by atoms with Crippen LogP contribution in [0, 0.1) is 20.8 Å². The Hall–Kier alpha value is -2.96. The lowest BCUT2D eigenvalue weighted by molar-refractivity contribution is -0.119. The Bertz CT molecular complexity index is 1280. The number of fused-ring (bicyclic) bond motifs is 1. The van der Waals surface area contributed by atoms with Crippen molar-refractivity contribution in [3.63, 3.8) is 0 Å². The average Bonchev–Trinajstić information content (AvgIpc) is 3.12. The van der Waals surface area contributed by atoms with Gasteiger partial charge in [-0.3, -0.25) is 4.79 Å². The minimum atomic E-state index is -3.88. The lowest BCUT2D eigenvalue weighted by atomic mass is 10.1. The van der Waals surface area contributed by atoms with Gasteiger partial charge in [-0.25, -0.2) is 8.42 Å². The maximum absolute atomic E-state index is 13.9. The van der Waals surface area contributed by atoms with Gasteiger partial charge in [-0.05, 0) is 68.9 Å². The second-order valence-corrected chi connectivity index (χ2v) is 11.1. The quantitative estimate of drug-likeness (QED) is 0.491. The molecule has 0 spiro atoms. The molecule has 1 atom stereocenters. The molecule has 178 valence electrons. The Balaban J connectivity index is 1.68. The Morgan fingerprint density at radius 1 is 0.971 bits per heavy atom. The highest BCUT2D eigenvalue weighted by atomic mass is 32.2. The third-order valence-corrected chi connectivity index (χ3v) is 8.63. The van der Waals surface area contributed by atoms with Gasteiger partial charge in [-0.2, -0.15) is 4.31 Å². The molecule has 34 heavy (non-hydrogen) atoms. The van der Waals surface area contributed by atoms with Crippen LogP contribution in [-0.4, -0.2) is 37.8 Å². The third kappa shape index (κ3) is 4.79. The van der Waals surface area contributed by atoms with E-state index in [1.807, 2.05) is 94.4 Å². The maximum atomic E-state index is 13.9. The monoisotopic (exact) mass is 476 g/mol. The summed E-state index contributed by atoms with van der Waals surface area (Å²) in [5.74, 6) is -0.198. The summed E-state index contributed by atoms with van der Waals surface area (Å²) in [5, 5.41) is 0. The second-order valence-electron chi connectivity index (χ2n) is 9.25. The molecule has 0 saturated heterocycles. The zero-order valence-corrected chi connectivity index (χ0v) is 21.1. The Morgan fingerprint density at radius 3 is 2.26 bits per heavy atom. The molecule has 0 N–H and O–H groups in total. The normalized spacial score (nSPS) is 15.6. The van der Waals surface area contributed by atoms with Gasteiger partial charge in [-0.15, -0.1) is 0 Å². The number of aryl methyl sites for hydroxylation is 3. The van der Waals surface area contributed by atoms with E-state index < -0.39 is 10.0 Å². The molecule has 0 radical (unpaired) electrons. The molecule has 0 bridgehead atoms. The fourth-order valence-electron chi connectivity index (χ4n) is 5.06. The molecule has 1 aliphatic rings. The summed E-state index contributed by atoms with van der Waals surface area (Å²) in [5.41, 5.74) is 5.45. The van der Waals surface area contributed by atoms with Crippen LogP contribution in [0.1, 0.15) is 34.7 Å². The van der Waals surface area contributed by atoms with Crippen LogP contribution in [0.4, 0.5) is 5.69 Å². The van der Waals surface area contributed by atoms with Crippen molar-refractivity contribution >= 4 is 21.6 Å². The molecule has 1 aliphatic heterocycles. The molecule has 3 aromatic carbocycles. The van der Waals surface area contributed by atoms with Crippen molar-refractivity contribution in [2.24, 2.45) is 0 Å². The number of sulfonamides is 1. The summed E-state index contributed by atoms with van der Waals surface area (Å²) in [6.45, 7) is 7.65. The van der Waals surface area contributed by atoms with Gasteiger partial charge in [0.05, 0.1) is 11.4 Å². The predicted molar refractivity (Wildman–Crippen MR) is 137 cm³/mol. The van der Waals surface area contributed by atoms with Crippen LogP contribution in [0.3, 0.4) is 0 Å². The van der Waals surface area contributed by atoms with Crippen molar-refractivity contribution in [2.45, 2.75) is 51.5 Å². The van der Waals surface area contributed by atoms with Gasteiger partial charge in [0, 0.05) is 18.3 Å². The molecule has 0 unspecified atom stereocenters. The number of rotatable bonds is 7. The molecule has 4 rings (SSSR count). The first-order chi connectivity index (χ1) is 16.2. The summed E-state index contributed by atoms with van der Waals surface area (Å²) in [6.07, 6.45) is 1.30. The number of amides is 1. The van der Waals surface area contributed by atoms with Crippen molar-refractivity contribution in [3.8, 4) is 0 Å². The summed E-state index contributed by atoms with van der Waals surface area (Å²) < 4.78 is 29.2. The highest BCUT2D eigenvalue weighted by Crippen LogP contribution is 2.32. The first-order valence-electron chi connectivity index (χ1n) is 11.7. The van der Waals surface area contributed by atoms with Gasteiger partial charge in [-0.1, -0.05) is 66.2 Å². The molecular formula is C28H32N2O3S. The van der Waals surface area contributed by atoms with Crippen LogP contribution in [0.15, 0.2) is 71.6 Å². The van der Waals surface area contributed by atoms with Gasteiger partial charge in [0.25, 0.3) is 0 Å².